The molecule has 2 heterocycles. The highest BCUT2D eigenvalue weighted by atomic mass is 16.6. The molecule has 0 bridgehead atoms. The number of benzene rings is 1. The number of hydrogen-bond donors (Lipinski definition) is 2. The van der Waals surface area contributed by atoms with Gasteiger partial charge in [-0.15, -0.1) is 13.2 Å². The number of amides is 3. The van der Waals surface area contributed by atoms with Crippen LogP contribution in [-0.2, 0) is 28.6 Å². The van der Waals surface area contributed by atoms with E-state index in [-0.39, 0.29) is 25.5 Å². The Kier molecular flexibility index (Phi) is 11.7. The van der Waals surface area contributed by atoms with Crippen LogP contribution in [0.1, 0.15) is 72.6 Å². The van der Waals surface area contributed by atoms with E-state index < -0.39 is 59.3 Å². The Labute approximate surface area is 281 Å². The lowest BCUT2D eigenvalue weighted by Gasteiger charge is -2.30. The molecular weight excluding hydrogens is 616 g/mol. The van der Waals surface area contributed by atoms with E-state index in [1.54, 1.807) is 46.2 Å². The molecule has 260 valence electrons. The fourth-order valence-corrected chi connectivity index (χ4v) is 6.05. The minimum Gasteiger partial charge on any atom is -0.464 e. The molecule has 0 radical (unpaired) electrons. The van der Waals surface area contributed by atoms with Crippen LogP contribution in [0.4, 0.5) is 9.59 Å². The zero-order valence-corrected chi connectivity index (χ0v) is 28.4. The van der Waals surface area contributed by atoms with Crippen molar-refractivity contribution in [2.45, 2.75) is 102 Å². The average molecular weight is 665 g/mol. The minimum atomic E-state index is -1.29. The Morgan fingerprint density at radius 1 is 1.06 bits per heavy atom. The van der Waals surface area contributed by atoms with E-state index in [1.807, 2.05) is 30.3 Å². The van der Waals surface area contributed by atoms with Gasteiger partial charge in [0.25, 0.3) is 0 Å². The van der Waals surface area contributed by atoms with Gasteiger partial charge in [-0.25, -0.2) is 14.4 Å². The largest absolute Gasteiger partial charge is 0.464 e. The monoisotopic (exact) mass is 664 g/mol. The molecule has 0 spiro atoms. The first-order valence-electron chi connectivity index (χ1n) is 16.6. The highest BCUT2D eigenvalue weighted by Crippen LogP contribution is 2.45. The SMILES string of the molecule is C=CCCCCC[C@H](NC(=O)OC(C)(C)C)C(=O)N1C[C@H](OC(=O)n2cc3ccccc3c2)C[C@H]1C(=O)N[C@]1(C(=O)OCC)C[C@H]1C=C. The molecule has 1 aromatic carbocycles. The summed E-state index contributed by atoms with van der Waals surface area (Å²) in [6.45, 7) is 14.4. The molecular formula is C36H48N4O8. The van der Waals surface area contributed by atoms with Gasteiger partial charge in [0.2, 0.25) is 11.8 Å². The van der Waals surface area contributed by atoms with Crippen LogP contribution in [0.25, 0.3) is 10.8 Å². The molecule has 5 atom stereocenters. The van der Waals surface area contributed by atoms with Crippen LogP contribution in [0.15, 0.2) is 62.0 Å². The summed E-state index contributed by atoms with van der Waals surface area (Å²) in [6, 6.07) is 5.37. The van der Waals surface area contributed by atoms with Crippen molar-refractivity contribution in [3.63, 3.8) is 0 Å². The van der Waals surface area contributed by atoms with Crippen LogP contribution < -0.4 is 10.6 Å². The maximum Gasteiger partial charge on any atom is 0.418 e. The number of alkyl carbamates (subject to hydrolysis) is 1. The van der Waals surface area contributed by atoms with E-state index in [2.05, 4.69) is 23.8 Å². The highest BCUT2D eigenvalue weighted by molar-refractivity contribution is 5.96. The number of rotatable bonds is 14. The van der Waals surface area contributed by atoms with Crippen LogP contribution in [0.2, 0.25) is 0 Å². The van der Waals surface area contributed by atoms with Gasteiger partial charge in [-0.05, 0) is 64.2 Å². The van der Waals surface area contributed by atoms with E-state index in [4.69, 9.17) is 14.2 Å². The Bertz CT molecular complexity index is 1490. The molecule has 2 aromatic rings. The molecule has 1 saturated heterocycles. The van der Waals surface area contributed by atoms with E-state index >= 15 is 0 Å². The molecule has 2 aliphatic rings. The Hall–Kier alpha value is -4.61. The number of hydrogen-bond acceptors (Lipinski definition) is 8. The molecule has 12 heteroatoms. The lowest BCUT2D eigenvalue weighted by atomic mass is 10.0. The smallest absolute Gasteiger partial charge is 0.418 e. The summed E-state index contributed by atoms with van der Waals surface area (Å²) in [5.74, 6) is -2.02. The third-order valence-electron chi connectivity index (χ3n) is 8.55. The molecule has 0 unspecified atom stereocenters. The standard InChI is InChI=1S/C36H48N4O8/c1-7-10-11-12-13-18-28(37-33(44)48-35(4,5)6)31(42)40-23-27(47-34(45)39-21-24-16-14-15-17-25(24)22-39)19-29(40)30(41)38-36(20-26(36)8-2)32(43)46-9-3/h7-8,14-17,21-22,26-29H,1-2,9-13,18-20,23H2,3-6H3,(H,37,44)(H,38,41)/t26-,27-,28+,29+,36-/m1/s1. The molecule has 1 aromatic heterocycles. The van der Waals surface area contributed by atoms with Gasteiger partial charge in [-0.3, -0.25) is 14.2 Å². The fraction of sp³-hybridized carbons (Fsp3) is 0.528. The third kappa shape index (κ3) is 8.84. The number of carbonyl (C=O) groups excluding carboxylic acids is 5. The number of unbranched alkanes of at least 4 members (excludes halogenated alkanes) is 3. The predicted octanol–water partition coefficient (Wildman–Crippen LogP) is 5.25. The van der Waals surface area contributed by atoms with Gasteiger partial charge in [0.1, 0.15) is 29.3 Å². The van der Waals surface area contributed by atoms with E-state index in [0.717, 1.165) is 30.0 Å². The van der Waals surface area contributed by atoms with Crippen LogP contribution in [-0.4, -0.2) is 81.9 Å². The summed E-state index contributed by atoms with van der Waals surface area (Å²) in [7, 11) is 0. The second-order valence-corrected chi connectivity index (χ2v) is 13.4. The van der Waals surface area contributed by atoms with Crippen molar-refractivity contribution in [3.05, 3.63) is 62.0 Å². The van der Waals surface area contributed by atoms with Crippen molar-refractivity contribution in [2.75, 3.05) is 13.2 Å². The quantitative estimate of drug-likeness (QED) is 0.121. The summed E-state index contributed by atoms with van der Waals surface area (Å²) >= 11 is 0. The summed E-state index contributed by atoms with van der Waals surface area (Å²) in [5, 5.41) is 7.24. The topological polar surface area (TPSA) is 145 Å². The number of nitrogens with one attached hydrogen (secondary N) is 2. The Balaban J connectivity index is 1.58. The lowest BCUT2D eigenvalue weighted by molar-refractivity contribution is -0.150. The van der Waals surface area contributed by atoms with Crippen molar-refractivity contribution in [3.8, 4) is 0 Å². The number of aromatic nitrogens is 1. The number of carbonyl (C=O) groups is 5. The number of esters is 1. The molecule has 3 amide bonds. The molecule has 4 rings (SSSR count). The van der Waals surface area contributed by atoms with Crippen molar-refractivity contribution in [1.29, 1.82) is 0 Å². The van der Waals surface area contributed by atoms with Gasteiger partial charge in [0.15, 0.2) is 0 Å². The van der Waals surface area contributed by atoms with Gasteiger partial charge in [-0.2, -0.15) is 0 Å². The van der Waals surface area contributed by atoms with Gasteiger partial charge in [0, 0.05) is 24.7 Å². The number of ether oxygens (including phenoxy) is 3. The van der Waals surface area contributed by atoms with Crippen molar-refractivity contribution < 1.29 is 38.2 Å². The van der Waals surface area contributed by atoms with Crippen molar-refractivity contribution >= 4 is 40.7 Å². The predicted molar refractivity (Wildman–Crippen MR) is 180 cm³/mol. The maximum atomic E-state index is 14.2. The fourth-order valence-electron chi connectivity index (χ4n) is 6.05. The normalized spacial score (nSPS) is 22.3. The first-order valence-corrected chi connectivity index (χ1v) is 16.6. The average Bonchev–Trinajstić information content (AvgIpc) is 3.34. The number of nitrogens with zero attached hydrogens (tertiary/aromatic N) is 2. The molecule has 2 N–H and O–H groups in total. The van der Waals surface area contributed by atoms with Gasteiger partial charge in [-0.1, -0.05) is 49.3 Å². The highest BCUT2D eigenvalue weighted by Gasteiger charge is 2.62. The second kappa shape index (κ2) is 15.5. The second-order valence-electron chi connectivity index (χ2n) is 13.4. The molecule has 1 aliphatic carbocycles. The van der Waals surface area contributed by atoms with Gasteiger partial charge < -0.3 is 29.7 Å². The van der Waals surface area contributed by atoms with Crippen LogP contribution in [0, 0.1) is 5.92 Å². The van der Waals surface area contributed by atoms with Gasteiger partial charge in [0.05, 0.1) is 13.2 Å². The van der Waals surface area contributed by atoms with Crippen molar-refractivity contribution in [1.82, 2.24) is 20.1 Å². The number of fused-ring (bicyclic) bond motifs is 1. The molecule has 48 heavy (non-hydrogen) atoms. The maximum absolute atomic E-state index is 14.2. The molecule has 1 saturated carbocycles. The van der Waals surface area contributed by atoms with E-state index in [1.165, 1.54) is 9.47 Å². The first-order chi connectivity index (χ1) is 22.8. The number of allylic oxidation sites excluding steroid dienone is 1. The molecule has 12 nitrogen and oxygen atoms in total. The summed E-state index contributed by atoms with van der Waals surface area (Å²) in [4.78, 5) is 68.5. The molecule has 1 aliphatic heterocycles. The van der Waals surface area contributed by atoms with Crippen LogP contribution in [0.5, 0.6) is 0 Å². The van der Waals surface area contributed by atoms with Crippen molar-refractivity contribution in [2.24, 2.45) is 5.92 Å². The Morgan fingerprint density at radius 3 is 2.33 bits per heavy atom. The number of likely N-dealkylation sites (tertiary alicyclic amines) is 1. The first kappa shape index (κ1) is 36.2. The zero-order valence-electron chi connectivity index (χ0n) is 28.4. The Morgan fingerprint density at radius 2 is 1.75 bits per heavy atom. The van der Waals surface area contributed by atoms with E-state index in [0.29, 0.717) is 19.3 Å². The third-order valence-corrected chi connectivity index (χ3v) is 8.55. The summed E-state index contributed by atoms with van der Waals surface area (Å²) < 4.78 is 17.9. The van der Waals surface area contributed by atoms with Gasteiger partial charge >= 0.3 is 18.2 Å². The van der Waals surface area contributed by atoms with Crippen LogP contribution >= 0.6 is 0 Å². The van der Waals surface area contributed by atoms with Crippen LogP contribution in [0.3, 0.4) is 0 Å². The summed E-state index contributed by atoms with van der Waals surface area (Å²) in [6.07, 6.45) is 8.17. The summed E-state index contributed by atoms with van der Waals surface area (Å²) in [5.41, 5.74) is -2.09. The van der Waals surface area contributed by atoms with E-state index in [9.17, 15) is 24.0 Å². The zero-order chi connectivity index (χ0) is 35.1. The lowest BCUT2D eigenvalue weighted by Crippen LogP contribution is -2.56. The minimum absolute atomic E-state index is 0.0136. The molecule has 2 fully saturated rings.